The Morgan fingerprint density at radius 2 is 1.85 bits per heavy atom. The van der Waals surface area contributed by atoms with Crippen molar-refractivity contribution in [2.75, 3.05) is 7.05 Å². The molecular weight excluding hydrogens is 256 g/mol. The van der Waals surface area contributed by atoms with Crippen LogP contribution in [0.15, 0.2) is 36.4 Å². The summed E-state index contributed by atoms with van der Waals surface area (Å²) < 4.78 is 27.1. The van der Waals surface area contributed by atoms with Crippen molar-refractivity contribution in [1.82, 2.24) is 5.32 Å². The largest absolute Gasteiger partial charge is 0.313 e. The lowest BCUT2D eigenvalue weighted by Crippen LogP contribution is -2.20. The first-order valence-electron chi connectivity index (χ1n) is 6.70. The Morgan fingerprint density at radius 1 is 1.10 bits per heavy atom. The van der Waals surface area contributed by atoms with Gasteiger partial charge < -0.3 is 5.32 Å². The molecule has 2 aromatic carbocycles. The van der Waals surface area contributed by atoms with E-state index in [0.717, 1.165) is 22.8 Å². The molecule has 2 rings (SSSR count). The third-order valence-electron chi connectivity index (χ3n) is 3.61. The van der Waals surface area contributed by atoms with Gasteiger partial charge in [0.1, 0.15) is 0 Å². The molecule has 0 spiro atoms. The Morgan fingerprint density at radius 3 is 2.55 bits per heavy atom. The SMILES string of the molecule is CNC(Cc1cccc(F)c1F)c1cc(C)ccc1C. The van der Waals surface area contributed by atoms with E-state index in [9.17, 15) is 8.78 Å². The summed E-state index contributed by atoms with van der Waals surface area (Å²) in [7, 11) is 1.84. The Bertz CT molecular complexity index is 608. The molecule has 1 nitrogen and oxygen atoms in total. The first-order valence-corrected chi connectivity index (χ1v) is 6.70. The van der Waals surface area contributed by atoms with Crippen LogP contribution in [0.25, 0.3) is 0 Å². The highest BCUT2D eigenvalue weighted by molar-refractivity contribution is 5.34. The van der Waals surface area contributed by atoms with E-state index < -0.39 is 11.6 Å². The van der Waals surface area contributed by atoms with Crippen LogP contribution in [0.4, 0.5) is 8.78 Å². The van der Waals surface area contributed by atoms with E-state index in [-0.39, 0.29) is 6.04 Å². The number of benzene rings is 2. The average Bonchev–Trinajstić information content (AvgIpc) is 2.43. The molecule has 1 unspecified atom stereocenters. The summed E-state index contributed by atoms with van der Waals surface area (Å²) in [6, 6.07) is 10.5. The molecule has 0 aromatic heterocycles. The number of hydrogen-bond acceptors (Lipinski definition) is 1. The van der Waals surface area contributed by atoms with E-state index in [0.29, 0.717) is 12.0 Å². The highest BCUT2D eigenvalue weighted by Gasteiger charge is 2.16. The molecule has 1 atom stereocenters. The number of likely N-dealkylation sites (N-methyl/N-ethyl adjacent to an activating group) is 1. The van der Waals surface area contributed by atoms with Crippen LogP contribution in [0, 0.1) is 25.5 Å². The van der Waals surface area contributed by atoms with E-state index in [1.165, 1.54) is 0 Å². The molecule has 3 heteroatoms. The Balaban J connectivity index is 2.34. The van der Waals surface area contributed by atoms with Gasteiger partial charge in [-0.2, -0.15) is 0 Å². The molecule has 0 radical (unpaired) electrons. The monoisotopic (exact) mass is 275 g/mol. The molecule has 0 bridgehead atoms. The average molecular weight is 275 g/mol. The summed E-state index contributed by atoms with van der Waals surface area (Å²) in [5.41, 5.74) is 3.82. The molecule has 20 heavy (non-hydrogen) atoms. The van der Waals surface area contributed by atoms with E-state index in [2.05, 4.69) is 17.4 Å². The lowest BCUT2D eigenvalue weighted by Gasteiger charge is -2.20. The molecule has 0 heterocycles. The topological polar surface area (TPSA) is 12.0 Å². The summed E-state index contributed by atoms with van der Waals surface area (Å²) >= 11 is 0. The molecular formula is C17H19F2N. The lowest BCUT2D eigenvalue weighted by molar-refractivity contribution is 0.486. The van der Waals surface area contributed by atoms with Crippen LogP contribution >= 0.6 is 0 Å². The first-order chi connectivity index (χ1) is 9.52. The van der Waals surface area contributed by atoms with Crippen LogP contribution in [0.5, 0.6) is 0 Å². The number of aryl methyl sites for hydroxylation is 2. The zero-order valence-electron chi connectivity index (χ0n) is 12.0. The van der Waals surface area contributed by atoms with Crippen molar-refractivity contribution in [3.8, 4) is 0 Å². The molecule has 0 saturated carbocycles. The van der Waals surface area contributed by atoms with Crippen molar-refractivity contribution in [3.05, 3.63) is 70.3 Å². The molecule has 0 aliphatic heterocycles. The van der Waals surface area contributed by atoms with Crippen LogP contribution in [0.2, 0.25) is 0 Å². The standard InChI is InChI=1S/C17H19F2N/c1-11-7-8-12(2)14(9-11)16(20-3)10-13-5-4-6-15(18)17(13)19/h4-9,16,20H,10H2,1-3H3. The molecule has 0 saturated heterocycles. The van der Waals surface area contributed by atoms with Crippen molar-refractivity contribution in [1.29, 1.82) is 0 Å². The minimum Gasteiger partial charge on any atom is -0.313 e. The van der Waals surface area contributed by atoms with Gasteiger partial charge in [-0.25, -0.2) is 8.78 Å². The fourth-order valence-electron chi connectivity index (χ4n) is 2.43. The van der Waals surface area contributed by atoms with Crippen molar-refractivity contribution < 1.29 is 8.78 Å². The van der Waals surface area contributed by atoms with Crippen molar-refractivity contribution >= 4 is 0 Å². The van der Waals surface area contributed by atoms with Crippen molar-refractivity contribution in [3.63, 3.8) is 0 Å². The van der Waals surface area contributed by atoms with Gasteiger partial charge in [-0.1, -0.05) is 35.9 Å². The predicted octanol–water partition coefficient (Wildman–Crippen LogP) is 4.08. The fraction of sp³-hybridized carbons (Fsp3) is 0.294. The molecule has 0 aliphatic carbocycles. The molecule has 1 N–H and O–H groups in total. The molecule has 106 valence electrons. The van der Waals surface area contributed by atoms with Crippen LogP contribution in [0.3, 0.4) is 0 Å². The number of hydrogen-bond donors (Lipinski definition) is 1. The minimum absolute atomic E-state index is 0.0359. The number of rotatable bonds is 4. The van der Waals surface area contributed by atoms with Gasteiger partial charge in [0.05, 0.1) is 0 Å². The molecule has 0 amide bonds. The van der Waals surface area contributed by atoms with Gasteiger partial charge in [0.25, 0.3) is 0 Å². The summed E-state index contributed by atoms with van der Waals surface area (Å²) in [5, 5.41) is 3.19. The third kappa shape index (κ3) is 3.05. The number of halogens is 2. The van der Waals surface area contributed by atoms with Gasteiger partial charge >= 0.3 is 0 Å². The van der Waals surface area contributed by atoms with Crippen molar-refractivity contribution in [2.45, 2.75) is 26.3 Å². The minimum atomic E-state index is -0.793. The van der Waals surface area contributed by atoms with Crippen LogP contribution in [-0.2, 0) is 6.42 Å². The zero-order valence-corrected chi connectivity index (χ0v) is 12.0. The normalized spacial score (nSPS) is 12.4. The maximum absolute atomic E-state index is 13.8. The van der Waals surface area contributed by atoms with Crippen molar-refractivity contribution in [2.24, 2.45) is 0 Å². The zero-order chi connectivity index (χ0) is 14.7. The van der Waals surface area contributed by atoms with E-state index in [1.54, 1.807) is 12.1 Å². The first kappa shape index (κ1) is 14.7. The van der Waals surface area contributed by atoms with Crippen LogP contribution in [0.1, 0.15) is 28.3 Å². The van der Waals surface area contributed by atoms with E-state index in [4.69, 9.17) is 0 Å². The second-order valence-electron chi connectivity index (χ2n) is 5.12. The third-order valence-corrected chi connectivity index (χ3v) is 3.61. The van der Waals surface area contributed by atoms with Crippen LogP contribution < -0.4 is 5.32 Å². The van der Waals surface area contributed by atoms with Crippen LogP contribution in [-0.4, -0.2) is 7.05 Å². The van der Waals surface area contributed by atoms with Gasteiger partial charge in [0.2, 0.25) is 0 Å². The molecule has 2 aromatic rings. The van der Waals surface area contributed by atoms with E-state index in [1.807, 2.05) is 27.0 Å². The summed E-state index contributed by atoms with van der Waals surface area (Å²) in [6.07, 6.45) is 0.421. The summed E-state index contributed by atoms with van der Waals surface area (Å²) in [6.45, 7) is 4.06. The second-order valence-corrected chi connectivity index (χ2v) is 5.12. The van der Waals surface area contributed by atoms with Gasteiger partial charge in [-0.3, -0.25) is 0 Å². The van der Waals surface area contributed by atoms with Gasteiger partial charge in [-0.15, -0.1) is 0 Å². The van der Waals surface area contributed by atoms with Gasteiger partial charge in [0, 0.05) is 6.04 Å². The maximum Gasteiger partial charge on any atom is 0.162 e. The Labute approximate surface area is 118 Å². The Kier molecular flexibility index (Phi) is 4.50. The maximum atomic E-state index is 13.8. The Hall–Kier alpha value is -1.74. The summed E-state index contributed by atoms with van der Waals surface area (Å²) in [5.74, 6) is -1.55. The summed E-state index contributed by atoms with van der Waals surface area (Å²) in [4.78, 5) is 0. The highest BCUT2D eigenvalue weighted by atomic mass is 19.2. The quantitative estimate of drug-likeness (QED) is 0.886. The smallest absolute Gasteiger partial charge is 0.162 e. The van der Waals surface area contributed by atoms with Gasteiger partial charge in [0.15, 0.2) is 11.6 Å². The lowest BCUT2D eigenvalue weighted by atomic mass is 9.94. The molecule has 0 fully saturated rings. The highest BCUT2D eigenvalue weighted by Crippen LogP contribution is 2.24. The second kappa shape index (κ2) is 6.14. The predicted molar refractivity (Wildman–Crippen MR) is 77.8 cm³/mol. The van der Waals surface area contributed by atoms with E-state index >= 15 is 0 Å². The fourth-order valence-corrected chi connectivity index (χ4v) is 2.43. The van der Waals surface area contributed by atoms with Gasteiger partial charge in [-0.05, 0) is 50.1 Å². The number of nitrogens with one attached hydrogen (secondary N) is 1. The molecule has 0 aliphatic rings.